The van der Waals surface area contributed by atoms with Crippen molar-refractivity contribution in [1.82, 2.24) is 10.6 Å². The fourth-order valence-corrected chi connectivity index (χ4v) is 3.01. The first kappa shape index (κ1) is 16.8. The van der Waals surface area contributed by atoms with E-state index in [1.165, 1.54) is 5.56 Å². The minimum absolute atomic E-state index is 0.0517. The largest absolute Gasteiger partial charge is 0.392 e. The molecule has 0 saturated heterocycles. The predicted octanol–water partition coefficient (Wildman–Crippen LogP) is 3.23. The van der Waals surface area contributed by atoms with Crippen LogP contribution in [-0.2, 0) is 13.0 Å². The van der Waals surface area contributed by atoms with Crippen LogP contribution in [0.2, 0.25) is 5.02 Å². The van der Waals surface area contributed by atoms with E-state index in [1.54, 1.807) is 0 Å². The summed E-state index contributed by atoms with van der Waals surface area (Å²) in [6.45, 7) is 0.634. The first-order chi connectivity index (χ1) is 11.7. The molecular weight excluding hydrogens is 324 g/mol. The lowest BCUT2D eigenvalue weighted by Gasteiger charge is -2.08. The maximum Gasteiger partial charge on any atom is 0.315 e. The van der Waals surface area contributed by atoms with Gasteiger partial charge >= 0.3 is 6.03 Å². The molecule has 1 fully saturated rings. The standard InChI is InChI=1S/C19H21ClN2O2/c20-16-3-1-2-15(10-16)17-11-18(17)22-19(24)21-9-8-13-4-6-14(12-23)7-5-13/h1-7,10,17-18,23H,8-9,11-12H2,(H2,21,22,24). The van der Waals surface area contributed by atoms with Crippen LogP contribution in [0.5, 0.6) is 0 Å². The quantitative estimate of drug-likeness (QED) is 0.753. The molecule has 4 nitrogen and oxygen atoms in total. The summed E-state index contributed by atoms with van der Waals surface area (Å²) in [7, 11) is 0. The predicted molar refractivity (Wildman–Crippen MR) is 95.2 cm³/mol. The van der Waals surface area contributed by atoms with E-state index in [9.17, 15) is 4.79 Å². The fourth-order valence-electron chi connectivity index (χ4n) is 2.81. The number of hydrogen-bond acceptors (Lipinski definition) is 2. The second kappa shape index (κ2) is 7.69. The summed E-state index contributed by atoms with van der Waals surface area (Å²) in [6, 6.07) is 15.6. The molecule has 1 aliphatic carbocycles. The molecule has 126 valence electrons. The number of nitrogens with one attached hydrogen (secondary N) is 2. The van der Waals surface area contributed by atoms with Crippen molar-refractivity contribution in [2.75, 3.05) is 6.54 Å². The number of aliphatic hydroxyl groups excluding tert-OH is 1. The molecule has 3 rings (SSSR count). The summed E-state index contributed by atoms with van der Waals surface area (Å²) in [5.41, 5.74) is 3.21. The Hall–Kier alpha value is -2.04. The highest BCUT2D eigenvalue weighted by molar-refractivity contribution is 6.30. The number of amides is 2. The van der Waals surface area contributed by atoms with Crippen molar-refractivity contribution in [2.24, 2.45) is 0 Å². The van der Waals surface area contributed by atoms with Gasteiger partial charge in [-0.25, -0.2) is 4.79 Å². The lowest BCUT2D eigenvalue weighted by molar-refractivity contribution is 0.240. The van der Waals surface area contributed by atoms with Gasteiger partial charge < -0.3 is 15.7 Å². The maximum absolute atomic E-state index is 11.9. The van der Waals surface area contributed by atoms with Gasteiger partial charge in [0.1, 0.15) is 0 Å². The second-order valence-corrected chi connectivity index (χ2v) is 6.56. The van der Waals surface area contributed by atoms with Gasteiger partial charge in [0, 0.05) is 23.5 Å². The Labute approximate surface area is 146 Å². The molecule has 5 heteroatoms. The fraction of sp³-hybridized carbons (Fsp3) is 0.316. The molecule has 2 unspecified atom stereocenters. The average Bonchev–Trinajstić information content (AvgIpc) is 3.34. The van der Waals surface area contributed by atoms with Crippen LogP contribution in [-0.4, -0.2) is 23.7 Å². The lowest BCUT2D eigenvalue weighted by Crippen LogP contribution is -2.38. The van der Waals surface area contributed by atoms with Crippen molar-refractivity contribution < 1.29 is 9.90 Å². The van der Waals surface area contributed by atoms with Crippen LogP contribution in [0.1, 0.15) is 29.0 Å². The van der Waals surface area contributed by atoms with Crippen LogP contribution < -0.4 is 10.6 Å². The van der Waals surface area contributed by atoms with Crippen molar-refractivity contribution in [3.63, 3.8) is 0 Å². The highest BCUT2D eigenvalue weighted by Crippen LogP contribution is 2.41. The number of carbonyl (C=O) groups is 1. The van der Waals surface area contributed by atoms with Gasteiger partial charge in [0.2, 0.25) is 0 Å². The van der Waals surface area contributed by atoms with E-state index in [0.29, 0.717) is 12.5 Å². The summed E-state index contributed by atoms with van der Waals surface area (Å²) < 4.78 is 0. The van der Waals surface area contributed by atoms with E-state index in [4.69, 9.17) is 16.7 Å². The molecule has 0 aliphatic heterocycles. The molecule has 2 aromatic carbocycles. The van der Waals surface area contributed by atoms with E-state index in [2.05, 4.69) is 10.6 Å². The van der Waals surface area contributed by atoms with E-state index < -0.39 is 0 Å². The molecule has 24 heavy (non-hydrogen) atoms. The van der Waals surface area contributed by atoms with Crippen LogP contribution in [0.4, 0.5) is 4.79 Å². The molecule has 0 spiro atoms. The third kappa shape index (κ3) is 4.49. The molecule has 2 aromatic rings. The summed E-state index contributed by atoms with van der Waals surface area (Å²) in [5, 5.41) is 15.6. The van der Waals surface area contributed by atoms with Crippen LogP contribution in [0.3, 0.4) is 0 Å². The summed E-state index contributed by atoms with van der Waals surface area (Å²) in [6.07, 6.45) is 1.72. The van der Waals surface area contributed by atoms with Gasteiger partial charge in [-0.15, -0.1) is 0 Å². The number of hydrogen-bond donors (Lipinski definition) is 3. The summed E-state index contributed by atoms with van der Waals surface area (Å²) in [5.74, 6) is 0.362. The molecule has 0 heterocycles. The zero-order valence-corrected chi connectivity index (χ0v) is 14.1. The molecule has 0 bridgehead atoms. The van der Waals surface area contributed by atoms with Crippen LogP contribution >= 0.6 is 11.6 Å². The second-order valence-electron chi connectivity index (χ2n) is 6.13. The Morgan fingerprint density at radius 3 is 2.62 bits per heavy atom. The third-order valence-corrected chi connectivity index (χ3v) is 4.52. The maximum atomic E-state index is 11.9. The van der Waals surface area contributed by atoms with Crippen LogP contribution in [0.25, 0.3) is 0 Å². The van der Waals surface area contributed by atoms with E-state index in [0.717, 1.165) is 29.0 Å². The van der Waals surface area contributed by atoms with Gasteiger partial charge in [-0.3, -0.25) is 0 Å². The number of aliphatic hydroxyl groups is 1. The first-order valence-electron chi connectivity index (χ1n) is 8.14. The Bertz CT molecular complexity index is 703. The van der Waals surface area contributed by atoms with Crippen LogP contribution in [0.15, 0.2) is 48.5 Å². The average molecular weight is 345 g/mol. The molecule has 3 N–H and O–H groups in total. The van der Waals surface area contributed by atoms with Gasteiger partial charge in [-0.05, 0) is 41.7 Å². The monoisotopic (exact) mass is 344 g/mol. The van der Waals surface area contributed by atoms with E-state index >= 15 is 0 Å². The molecule has 0 radical (unpaired) electrons. The Kier molecular flexibility index (Phi) is 5.38. The zero-order chi connectivity index (χ0) is 16.9. The lowest BCUT2D eigenvalue weighted by atomic mass is 10.1. The van der Waals surface area contributed by atoms with Crippen molar-refractivity contribution in [3.05, 3.63) is 70.2 Å². The van der Waals surface area contributed by atoms with Crippen molar-refractivity contribution >= 4 is 17.6 Å². The Morgan fingerprint density at radius 1 is 1.17 bits per heavy atom. The van der Waals surface area contributed by atoms with Crippen molar-refractivity contribution in [2.45, 2.75) is 31.4 Å². The van der Waals surface area contributed by atoms with Gasteiger partial charge in [-0.1, -0.05) is 48.0 Å². The number of rotatable bonds is 6. The molecule has 1 aliphatic rings. The molecule has 2 atom stereocenters. The zero-order valence-electron chi connectivity index (χ0n) is 13.3. The Balaban J connectivity index is 1.39. The highest BCUT2D eigenvalue weighted by atomic mass is 35.5. The summed E-state index contributed by atoms with van der Waals surface area (Å²) >= 11 is 6.00. The SMILES string of the molecule is O=C(NCCc1ccc(CO)cc1)NC1CC1c1cccc(Cl)c1. The van der Waals surface area contributed by atoms with E-state index in [1.807, 2.05) is 48.5 Å². The van der Waals surface area contributed by atoms with Crippen molar-refractivity contribution in [3.8, 4) is 0 Å². The van der Waals surface area contributed by atoms with Gasteiger partial charge in [0.05, 0.1) is 6.61 Å². The molecular formula is C19H21ClN2O2. The number of halogens is 1. The van der Waals surface area contributed by atoms with Crippen molar-refractivity contribution in [1.29, 1.82) is 0 Å². The van der Waals surface area contributed by atoms with Crippen LogP contribution in [0, 0.1) is 0 Å². The third-order valence-electron chi connectivity index (χ3n) is 4.29. The number of carbonyl (C=O) groups excluding carboxylic acids is 1. The number of urea groups is 1. The van der Waals surface area contributed by atoms with Gasteiger partial charge in [-0.2, -0.15) is 0 Å². The van der Waals surface area contributed by atoms with E-state index in [-0.39, 0.29) is 18.7 Å². The Morgan fingerprint density at radius 2 is 1.92 bits per heavy atom. The summed E-state index contributed by atoms with van der Waals surface area (Å²) in [4.78, 5) is 11.9. The topological polar surface area (TPSA) is 61.4 Å². The first-order valence-corrected chi connectivity index (χ1v) is 8.52. The number of benzene rings is 2. The highest BCUT2D eigenvalue weighted by Gasteiger charge is 2.39. The van der Waals surface area contributed by atoms with Gasteiger partial charge in [0.25, 0.3) is 0 Å². The van der Waals surface area contributed by atoms with Gasteiger partial charge in [0.15, 0.2) is 0 Å². The smallest absolute Gasteiger partial charge is 0.315 e. The molecule has 0 aromatic heterocycles. The molecule has 2 amide bonds. The normalized spacial score (nSPS) is 18.9. The minimum atomic E-state index is -0.128. The minimum Gasteiger partial charge on any atom is -0.392 e. The molecule has 1 saturated carbocycles.